The molecule has 1 aromatic rings. The van der Waals surface area contributed by atoms with Crippen LogP contribution in [0, 0.1) is 15.5 Å². The first kappa shape index (κ1) is 19.3. The van der Waals surface area contributed by atoms with Crippen LogP contribution in [-0.4, -0.2) is 30.1 Å². The summed E-state index contributed by atoms with van der Waals surface area (Å²) >= 11 is 0. The molecule has 132 valence electrons. The molecule has 1 aromatic heterocycles. The molecule has 24 heavy (non-hydrogen) atoms. The van der Waals surface area contributed by atoms with Crippen LogP contribution in [0.25, 0.3) is 0 Å². The SMILES string of the molecule is CC(C)(C)CC(=O)OC[n+]1cccc(C(=O)NCCO[N+](=O)[O-])c1. The summed E-state index contributed by atoms with van der Waals surface area (Å²) in [5.74, 6) is -0.723. The van der Waals surface area contributed by atoms with Crippen LogP contribution in [0.3, 0.4) is 0 Å². The molecular formula is C15H22N3O6+. The molecule has 0 radical (unpaired) electrons. The molecular weight excluding hydrogens is 318 g/mol. The zero-order valence-corrected chi connectivity index (χ0v) is 14.0. The quantitative estimate of drug-likeness (QED) is 0.247. The van der Waals surface area contributed by atoms with Crippen LogP contribution in [0.5, 0.6) is 0 Å². The highest BCUT2D eigenvalue weighted by molar-refractivity contribution is 5.93. The summed E-state index contributed by atoms with van der Waals surface area (Å²) in [6, 6.07) is 3.22. The number of aromatic nitrogens is 1. The van der Waals surface area contributed by atoms with Crippen molar-refractivity contribution in [3.63, 3.8) is 0 Å². The number of hydrogen-bond donors (Lipinski definition) is 1. The Bertz CT molecular complexity index is 597. The van der Waals surface area contributed by atoms with E-state index in [1.807, 2.05) is 20.8 Å². The highest BCUT2D eigenvalue weighted by atomic mass is 16.9. The van der Waals surface area contributed by atoms with E-state index in [1.54, 1.807) is 22.9 Å². The summed E-state index contributed by atoms with van der Waals surface area (Å²) < 4.78 is 6.72. The Hall–Kier alpha value is -2.71. The average Bonchev–Trinajstić information content (AvgIpc) is 2.48. The highest BCUT2D eigenvalue weighted by Gasteiger charge is 2.18. The third-order valence-electron chi connectivity index (χ3n) is 2.75. The van der Waals surface area contributed by atoms with Gasteiger partial charge in [-0.05, 0) is 11.5 Å². The standard InChI is InChI=1S/C15H21N3O6/c1-15(2,3)9-13(19)23-11-17-7-4-5-12(10-17)14(20)16-6-8-24-18(21)22/h4-5,7,10H,6,8-9,11H2,1-3H3/p+1. The molecule has 0 spiro atoms. The van der Waals surface area contributed by atoms with Crippen LogP contribution in [-0.2, 0) is 21.1 Å². The van der Waals surface area contributed by atoms with Gasteiger partial charge in [0, 0.05) is 12.6 Å². The van der Waals surface area contributed by atoms with Crippen molar-refractivity contribution in [2.45, 2.75) is 33.9 Å². The van der Waals surface area contributed by atoms with Crippen molar-refractivity contribution in [1.82, 2.24) is 5.32 Å². The first-order valence-electron chi connectivity index (χ1n) is 7.37. The van der Waals surface area contributed by atoms with Gasteiger partial charge in [0.2, 0.25) is 0 Å². The molecule has 0 saturated heterocycles. The number of pyridine rings is 1. The molecule has 1 N–H and O–H groups in total. The lowest BCUT2D eigenvalue weighted by molar-refractivity contribution is -0.757. The van der Waals surface area contributed by atoms with E-state index in [9.17, 15) is 19.7 Å². The van der Waals surface area contributed by atoms with E-state index >= 15 is 0 Å². The summed E-state index contributed by atoms with van der Waals surface area (Å²) in [6.45, 7) is 5.60. The molecule has 0 atom stereocenters. The lowest BCUT2D eigenvalue weighted by Crippen LogP contribution is -2.38. The smallest absolute Gasteiger partial charge is 0.311 e. The normalized spacial score (nSPS) is 10.8. The van der Waals surface area contributed by atoms with Crippen molar-refractivity contribution in [2.75, 3.05) is 13.2 Å². The van der Waals surface area contributed by atoms with Crippen LogP contribution < -0.4 is 9.88 Å². The Morgan fingerprint density at radius 2 is 2.08 bits per heavy atom. The van der Waals surface area contributed by atoms with Gasteiger partial charge >= 0.3 is 5.97 Å². The predicted octanol–water partition coefficient (Wildman–Crippen LogP) is 0.849. The van der Waals surface area contributed by atoms with E-state index in [4.69, 9.17) is 4.74 Å². The van der Waals surface area contributed by atoms with Gasteiger partial charge in [0.25, 0.3) is 17.7 Å². The number of rotatable bonds is 8. The second-order valence-corrected chi connectivity index (χ2v) is 6.30. The molecule has 9 heteroatoms. The lowest BCUT2D eigenvalue weighted by atomic mass is 9.93. The highest BCUT2D eigenvalue weighted by Crippen LogP contribution is 2.18. The van der Waals surface area contributed by atoms with E-state index in [2.05, 4.69) is 10.2 Å². The lowest BCUT2D eigenvalue weighted by Gasteiger charge is -2.15. The topological polar surface area (TPSA) is 112 Å². The van der Waals surface area contributed by atoms with Crippen LogP contribution in [0.4, 0.5) is 0 Å². The molecule has 0 saturated carbocycles. The minimum absolute atomic E-state index is 0.000464. The fourth-order valence-electron chi connectivity index (χ4n) is 1.75. The Kier molecular flexibility index (Phi) is 7.09. The second-order valence-electron chi connectivity index (χ2n) is 6.30. The maximum atomic E-state index is 11.9. The van der Waals surface area contributed by atoms with E-state index < -0.39 is 11.0 Å². The van der Waals surface area contributed by atoms with Gasteiger partial charge in [-0.25, -0.2) is 0 Å². The van der Waals surface area contributed by atoms with E-state index in [0.29, 0.717) is 12.0 Å². The molecule has 0 bridgehead atoms. The molecule has 1 amide bonds. The number of nitrogens with one attached hydrogen (secondary N) is 1. The number of carbonyl (C=O) groups is 2. The van der Waals surface area contributed by atoms with E-state index in [1.165, 1.54) is 6.20 Å². The average molecular weight is 340 g/mol. The number of carbonyl (C=O) groups excluding carboxylic acids is 2. The maximum absolute atomic E-state index is 11.9. The van der Waals surface area contributed by atoms with Crippen molar-refractivity contribution >= 4 is 11.9 Å². The summed E-state index contributed by atoms with van der Waals surface area (Å²) in [4.78, 5) is 37.7. The van der Waals surface area contributed by atoms with Crippen molar-refractivity contribution in [3.05, 3.63) is 40.2 Å². The zero-order chi connectivity index (χ0) is 18.2. The van der Waals surface area contributed by atoms with Gasteiger partial charge in [-0.3, -0.25) is 9.59 Å². The molecule has 1 heterocycles. The van der Waals surface area contributed by atoms with Gasteiger partial charge in [-0.2, -0.15) is 4.57 Å². The number of ether oxygens (including phenoxy) is 1. The van der Waals surface area contributed by atoms with Crippen LogP contribution >= 0.6 is 0 Å². The van der Waals surface area contributed by atoms with E-state index in [-0.39, 0.29) is 31.3 Å². The fourth-order valence-corrected chi connectivity index (χ4v) is 1.75. The Balaban J connectivity index is 2.49. The number of nitrogens with zero attached hydrogens (tertiary/aromatic N) is 2. The van der Waals surface area contributed by atoms with Crippen molar-refractivity contribution in [2.24, 2.45) is 5.41 Å². The first-order chi connectivity index (χ1) is 11.2. The van der Waals surface area contributed by atoms with Crippen LogP contribution in [0.2, 0.25) is 0 Å². The number of amides is 1. The molecule has 0 unspecified atom stereocenters. The molecule has 0 aliphatic rings. The monoisotopic (exact) mass is 340 g/mol. The summed E-state index contributed by atoms with van der Waals surface area (Å²) in [5.41, 5.74) is 0.181. The Labute approximate surface area is 139 Å². The molecule has 0 aliphatic carbocycles. The van der Waals surface area contributed by atoms with Crippen molar-refractivity contribution in [1.29, 1.82) is 0 Å². The zero-order valence-electron chi connectivity index (χ0n) is 14.0. The molecule has 1 rings (SSSR count). The van der Waals surface area contributed by atoms with Crippen molar-refractivity contribution in [3.8, 4) is 0 Å². The minimum Gasteiger partial charge on any atom is -0.405 e. The predicted molar refractivity (Wildman–Crippen MR) is 82.1 cm³/mol. The second kappa shape index (κ2) is 8.80. The third-order valence-corrected chi connectivity index (χ3v) is 2.75. The van der Waals surface area contributed by atoms with Crippen LogP contribution in [0.15, 0.2) is 24.5 Å². The Morgan fingerprint density at radius 3 is 2.71 bits per heavy atom. The number of esters is 1. The molecule has 0 aromatic carbocycles. The number of hydrogen-bond acceptors (Lipinski definition) is 6. The van der Waals surface area contributed by atoms with Gasteiger partial charge < -0.3 is 14.9 Å². The summed E-state index contributed by atoms with van der Waals surface area (Å²) in [5, 5.41) is 11.6. The van der Waals surface area contributed by atoms with Gasteiger partial charge in [0.1, 0.15) is 12.2 Å². The van der Waals surface area contributed by atoms with Gasteiger partial charge in [0.05, 0.1) is 6.42 Å². The van der Waals surface area contributed by atoms with Crippen LogP contribution in [0.1, 0.15) is 37.6 Å². The van der Waals surface area contributed by atoms with Gasteiger partial charge in [0.15, 0.2) is 12.4 Å². The molecule has 9 nitrogen and oxygen atoms in total. The van der Waals surface area contributed by atoms with Gasteiger partial charge in [-0.15, -0.1) is 10.1 Å². The summed E-state index contributed by atoms with van der Waals surface area (Å²) in [7, 11) is 0. The molecule has 0 aliphatic heterocycles. The van der Waals surface area contributed by atoms with E-state index in [0.717, 1.165) is 0 Å². The molecule has 0 fully saturated rings. The fraction of sp³-hybridized carbons (Fsp3) is 0.533. The van der Waals surface area contributed by atoms with Gasteiger partial charge in [-0.1, -0.05) is 20.8 Å². The Morgan fingerprint density at radius 1 is 1.38 bits per heavy atom. The first-order valence-corrected chi connectivity index (χ1v) is 7.37. The maximum Gasteiger partial charge on any atom is 0.311 e. The largest absolute Gasteiger partial charge is 0.405 e. The third kappa shape index (κ3) is 8.06. The summed E-state index contributed by atoms with van der Waals surface area (Å²) in [6.07, 6.45) is 3.48. The van der Waals surface area contributed by atoms with Crippen molar-refractivity contribution < 1.29 is 28.8 Å². The minimum atomic E-state index is -0.922.